The van der Waals surface area contributed by atoms with Crippen LogP contribution in [0.4, 0.5) is 0 Å². The number of carbonyl (C=O) groups excluding carboxylic acids is 1. The number of rotatable bonds is 9. The Balaban J connectivity index is 1.19. The second-order valence-corrected chi connectivity index (χ2v) is 10.5. The van der Waals surface area contributed by atoms with E-state index in [2.05, 4.69) is 49.2 Å². The van der Waals surface area contributed by atoms with Gasteiger partial charge in [0.2, 0.25) is 5.91 Å². The van der Waals surface area contributed by atoms with Gasteiger partial charge in [-0.2, -0.15) is 0 Å². The van der Waals surface area contributed by atoms with Crippen molar-refractivity contribution in [3.63, 3.8) is 0 Å². The van der Waals surface area contributed by atoms with Crippen molar-refractivity contribution in [2.75, 3.05) is 32.8 Å². The normalized spacial score (nSPS) is 22.0. The molecule has 2 aromatic rings. The molecule has 1 amide bonds. The highest BCUT2D eigenvalue weighted by molar-refractivity contribution is 5.73. The van der Waals surface area contributed by atoms with Gasteiger partial charge in [0.25, 0.3) is 0 Å². The number of carbonyl (C=O) groups is 1. The quantitative estimate of drug-likeness (QED) is 0.556. The fourth-order valence-electron chi connectivity index (χ4n) is 5.02. The lowest BCUT2D eigenvalue weighted by Gasteiger charge is -2.33. The Bertz CT molecular complexity index is 1000. The van der Waals surface area contributed by atoms with E-state index in [4.69, 9.17) is 9.47 Å². The molecular weight excluding hydrogens is 454 g/mol. The largest absolute Gasteiger partial charge is 0.492 e. The Hall–Kier alpha value is -2.61. The molecule has 2 aromatic carbocycles. The Labute approximate surface area is 215 Å². The highest BCUT2D eigenvalue weighted by Crippen LogP contribution is 2.23. The Kier molecular flexibility index (Phi) is 8.88. The number of ether oxygens (including phenoxy) is 2. The number of aliphatic hydroxyl groups is 1. The molecule has 2 N–H and O–H groups in total. The molecule has 2 fully saturated rings. The van der Waals surface area contributed by atoms with Crippen LogP contribution >= 0.6 is 0 Å². The molecule has 2 saturated heterocycles. The first kappa shape index (κ1) is 26.5. The maximum atomic E-state index is 11.5. The van der Waals surface area contributed by atoms with Gasteiger partial charge in [-0.3, -0.25) is 9.69 Å². The highest BCUT2D eigenvalue weighted by atomic mass is 16.5. The molecule has 0 bridgehead atoms. The van der Waals surface area contributed by atoms with E-state index >= 15 is 0 Å². The first-order valence-corrected chi connectivity index (χ1v) is 13.1. The van der Waals surface area contributed by atoms with E-state index in [1.54, 1.807) is 6.92 Å². The zero-order valence-electron chi connectivity index (χ0n) is 22.1. The second-order valence-electron chi connectivity index (χ2n) is 10.5. The first-order valence-electron chi connectivity index (χ1n) is 13.1. The van der Waals surface area contributed by atoms with Gasteiger partial charge in [-0.1, -0.05) is 18.2 Å². The number of aryl methyl sites for hydroxylation is 2. The van der Waals surface area contributed by atoms with Crippen LogP contribution in [0.3, 0.4) is 0 Å². The number of nitrogens with one attached hydrogen (secondary N) is 1. The maximum absolute atomic E-state index is 11.5. The number of benzene rings is 2. The molecule has 0 aromatic heterocycles. The summed E-state index contributed by atoms with van der Waals surface area (Å²) in [5, 5.41) is 14.2. The van der Waals surface area contributed by atoms with Crippen LogP contribution < -0.4 is 14.8 Å². The minimum Gasteiger partial charge on any atom is -0.492 e. The Morgan fingerprint density at radius 2 is 1.75 bits per heavy atom. The predicted octanol–water partition coefficient (Wildman–Crippen LogP) is 3.30. The van der Waals surface area contributed by atoms with E-state index in [9.17, 15) is 9.90 Å². The van der Waals surface area contributed by atoms with Gasteiger partial charge in [0, 0.05) is 51.7 Å². The van der Waals surface area contributed by atoms with Gasteiger partial charge in [-0.25, -0.2) is 0 Å². The fraction of sp³-hybridized carbons (Fsp3) is 0.552. The van der Waals surface area contributed by atoms with E-state index in [0.717, 1.165) is 44.0 Å². The summed E-state index contributed by atoms with van der Waals surface area (Å²) in [4.78, 5) is 15.6. The molecule has 0 radical (unpaired) electrons. The standard InChI is InChI=1S/C29H41N3O4/c1-20-5-8-27(15-21(20)2)36-29-18-31(17-28(29)34)16-24-6-9-26(10-7-24)35-19-22(3)30-25-11-13-32(14-12-25)23(4)33/h5-10,15,22,25,28-30,34H,11-14,16-19H2,1-4H3/t22-,28-,29-/m0/s1. The molecule has 3 atom stereocenters. The van der Waals surface area contributed by atoms with Gasteiger partial charge in [0.1, 0.15) is 30.3 Å². The van der Waals surface area contributed by atoms with Crippen LogP contribution in [-0.2, 0) is 11.3 Å². The van der Waals surface area contributed by atoms with Gasteiger partial charge in [0.05, 0.1) is 0 Å². The number of amides is 1. The predicted molar refractivity (Wildman–Crippen MR) is 141 cm³/mol. The summed E-state index contributed by atoms with van der Waals surface area (Å²) >= 11 is 0. The van der Waals surface area contributed by atoms with Crippen molar-refractivity contribution in [1.82, 2.24) is 15.1 Å². The van der Waals surface area contributed by atoms with Gasteiger partial charge in [0.15, 0.2) is 0 Å². The molecule has 0 aliphatic carbocycles. The van der Waals surface area contributed by atoms with E-state index < -0.39 is 6.10 Å². The number of β-amino-alcohol motifs (C(OH)–C–C–N with tert-alkyl or cyclic N) is 1. The summed E-state index contributed by atoms with van der Waals surface area (Å²) in [7, 11) is 0. The van der Waals surface area contributed by atoms with Crippen molar-refractivity contribution in [3.05, 3.63) is 59.2 Å². The van der Waals surface area contributed by atoms with Crippen molar-refractivity contribution in [3.8, 4) is 11.5 Å². The fourth-order valence-corrected chi connectivity index (χ4v) is 5.02. The Morgan fingerprint density at radius 3 is 2.42 bits per heavy atom. The van der Waals surface area contributed by atoms with Gasteiger partial charge in [-0.15, -0.1) is 0 Å². The Morgan fingerprint density at radius 1 is 1.06 bits per heavy atom. The summed E-state index contributed by atoms with van der Waals surface area (Å²) in [6.07, 6.45) is 1.25. The molecule has 2 aliphatic rings. The third-order valence-electron chi connectivity index (χ3n) is 7.37. The van der Waals surface area contributed by atoms with Crippen molar-refractivity contribution >= 4 is 5.91 Å². The molecule has 2 aliphatic heterocycles. The number of piperidine rings is 1. The van der Waals surface area contributed by atoms with E-state index in [1.807, 2.05) is 29.2 Å². The van der Waals surface area contributed by atoms with Crippen molar-refractivity contribution in [2.24, 2.45) is 0 Å². The molecule has 2 heterocycles. The minimum absolute atomic E-state index is 0.166. The van der Waals surface area contributed by atoms with Gasteiger partial charge >= 0.3 is 0 Å². The summed E-state index contributed by atoms with van der Waals surface area (Å²) in [5.74, 6) is 1.84. The van der Waals surface area contributed by atoms with Crippen LogP contribution in [-0.4, -0.2) is 77.9 Å². The molecular formula is C29H41N3O4. The molecule has 4 rings (SSSR count). The van der Waals surface area contributed by atoms with Crippen LogP contribution in [0.15, 0.2) is 42.5 Å². The van der Waals surface area contributed by atoms with Crippen LogP contribution in [0, 0.1) is 13.8 Å². The molecule has 7 nitrogen and oxygen atoms in total. The molecule has 7 heteroatoms. The number of aliphatic hydroxyl groups excluding tert-OH is 1. The zero-order valence-corrected chi connectivity index (χ0v) is 22.1. The lowest BCUT2D eigenvalue weighted by Crippen LogP contribution is -2.47. The molecule has 0 saturated carbocycles. The number of nitrogens with zero attached hydrogens (tertiary/aromatic N) is 2. The summed E-state index contributed by atoms with van der Waals surface area (Å²) in [5.41, 5.74) is 3.62. The summed E-state index contributed by atoms with van der Waals surface area (Å²) < 4.78 is 12.1. The molecule has 196 valence electrons. The smallest absolute Gasteiger partial charge is 0.219 e. The highest BCUT2D eigenvalue weighted by Gasteiger charge is 2.33. The van der Waals surface area contributed by atoms with E-state index in [0.29, 0.717) is 25.7 Å². The van der Waals surface area contributed by atoms with E-state index in [-0.39, 0.29) is 18.1 Å². The summed E-state index contributed by atoms with van der Waals surface area (Å²) in [6, 6.07) is 15.0. The van der Waals surface area contributed by atoms with Crippen LogP contribution in [0.1, 0.15) is 43.4 Å². The monoisotopic (exact) mass is 495 g/mol. The molecule has 0 spiro atoms. The zero-order chi connectivity index (χ0) is 25.7. The number of hydrogen-bond donors (Lipinski definition) is 2. The van der Waals surface area contributed by atoms with Gasteiger partial charge in [-0.05, 0) is 74.6 Å². The third-order valence-corrected chi connectivity index (χ3v) is 7.37. The number of likely N-dealkylation sites (tertiary alicyclic amines) is 2. The van der Waals surface area contributed by atoms with Crippen LogP contribution in [0.25, 0.3) is 0 Å². The van der Waals surface area contributed by atoms with Crippen molar-refractivity contribution in [2.45, 2.75) is 71.4 Å². The molecule has 36 heavy (non-hydrogen) atoms. The summed E-state index contributed by atoms with van der Waals surface area (Å²) in [6.45, 7) is 12.3. The minimum atomic E-state index is -0.502. The van der Waals surface area contributed by atoms with Crippen molar-refractivity contribution < 1.29 is 19.4 Å². The van der Waals surface area contributed by atoms with E-state index in [1.165, 1.54) is 16.7 Å². The first-order chi connectivity index (χ1) is 17.3. The van der Waals surface area contributed by atoms with Crippen LogP contribution in [0.2, 0.25) is 0 Å². The average molecular weight is 496 g/mol. The average Bonchev–Trinajstić information content (AvgIpc) is 3.19. The maximum Gasteiger partial charge on any atom is 0.219 e. The lowest BCUT2D eigenvalue weighted by molar-refractivity contribution is -0.129. The topological polar surface area (TPSA) is 74.3 Å². The lowest BCUT2D eigenvalue weighted by atomic mass is 10.0. The van der Waals surface area contributed by atoms with Crippen LogP contribution in [0.5, 0.6) is 11.5 Å². The molecule has 0 unspecified atom stereocenters. The number of hydrogen-bond acceptors (Lipinski definition) is 6. The second kappa shape index (κ2) is 12.1. The third kappa shape index (κ3) is 7.21. The van der Waals surface area contributed by atoms with Gasteiger partial charge < -0.3 is 24.8 Å². The van der Waals surface area contributed by atoms with Crippen molar-refractivity contribution in [1.29, 1.82) is 0 Å². The SMILES string of the molecule is CC(=O)N1CCC(N[C@@H](C)COc2ccc(CN3C[C@H](Oc4ccc(C)c(C)c4)[C@@H](O)C3)cc2)CC1.